The van der Waals surface area contributed by atoms with E-state index in [1.54, 1.807) is 0 Å². The number of nitrogens with one attached hydrogen (secondary N) is 2. The molecule has 1 aromatic carbocycles. The molecule has 0 aromatic heterocycles. The van der Waals surface area contributed by atoms with Crippen LogP contribution in [0, 0.1) is 12.8 Å². The van der Waals surface area contributed by atoms with Gasteiger partial charge in [0.1, 0.15) is 6.42 Å². The highest BCUT2D eigenvalue weighted by atomic mass is 16.3. The van der Waals surface area contributed by atoms with Crippen LogP contribution in [0.2, 0.25) is 0 Å². The number of aryl methyl sites for hydroxylation is 1. The molecule has 2 amide bonds. The van der Waals surface area contributed by atoms with Gasteiger partial charge in [0.25, 0.3) is 6.47 Å². The van der Waals surface area contributed by atoms with Crippen molar-refractivity contribution in [1.82, 2.24) is 10.2 Å². The van der Waals surface area contributed by atoms with Gasteiger partial charge in [-0.2, -0.15) is 0 Å². The third-order valence-corrected chi connectivity index (χ3v) is 4.98. The van der Waals surface area contributed by atoms with E-state index in [9.17, 15) is 9.59 Å². The SMILES string of the molecule is Cc1cccc(NC(=O)CC(=O)NCC(C)(C)N2CCC(C)CC2)c1.O=CO. The zero-order chi connectivity index (χ0) is 21.2. The van der Waals surface area contributed by atoms with E-state index in [4.69, 9.17) is 9.90 Å². The van der Waals surface area contributed by atoms with Gasteiger partial charge in [0.05, 0.1) is 0 Å². The largest absolute Gasteiger partial charge is 0.483 e. The molecule has 2 rings (SSSR count). The van der Waals surface area contributed by atoms with Gasteiger partial charge in [0.2, 0.25) is 11.8 Å². The summed E-state index contributed by atoms with van der Waals surface area (Å²) in [5.41, 5.74) is 1.70. The van der Waals surface area contributed by atoms with Crippen molar-refractivity contribution in [3.8, 4) is 0 Å². The average Bonchev–Trinajstić information content (AvgIpc) is 2.61. The van der Waals surface area contributed by atoms with Gasteiger partial charge in [-0.05, 0) is 70.3 Å². The van der Waals surface area contributed by atoms with Gasteiger partial charge in [-0.3, -0.25) is 19.3 Å². The van der Waals surface area contributed by atoms with Gasteiger partial charge in [-0.1, -0.05) is 19.1 Å². The molecule has 1 aromatic rings. The molecule has 1 aliphatic heterocycles. The number of rotatable bonds is 6. The fourth-order valence-corrected chi connectivity index (χ4v) is 3.18. The molecule has 1 heterocycles. The van der Waals surface area contributed by atoms with E-state index in [-0.39, 0.29) is 30.2 Å². The van der Waals surface area contributed by atoms with Gasteiger partial charge in [0, 0.05) is 17.8 Å². The van der Waals surface area contributed by atoms with Crippen LogP contribution in [0.5, 0.6) is 0 Å². The molecule has 0 radical (unpaired) electrons. The third kappa shape index (κ3) is 8.52. The summed E-state index contributed by atoms with van der Waals surface area (Å²) in [6.07, 6.45) is 2.26. The van der Waals surface area contributed by atoms with Crippen molar-refractivity contribution < 1.29 is 19.5 Å². The maximum atomic E-state index is 12.1. The first-order valence-corrected chi connectivity index (χ1v) is 9.64. The van der Waals surface area contributed by atoms with E-state index < -0.39 is 0 Å². The Kier molecular flexibility index (Phi) is 9.65. The highest BCUT2D eigenvalue weighted by molar-refractivity contribution is 6.03. The summed E-state index contributed by atoms with van der Waals surface area (Å²) < 4.78 is 0. The van der Waals surface area contributed by atoms with Crippen LogP contribution < -0.4 is 10.6 Å². The number of amides is 2. The van der Waals surface area contributed by atoms with Gasteiger partial charge >= 0.3 is 0 Å². The summed E-state index contributed by atoms with van der Waals surface area (Å²) in [7, 11) is 0. The number of carbonyl (C=O) groups is 3. The zero-order valence-corrected chi connectivity index (χ0v) is 17.3. The lowest BCUT2D eigenvalue weighted by molar-refractivity contribution is -0.127. The van der Waals surface area contributed by atoms with Crippen LogP contribution in [0.1, 0.15) is 45.6 Å². The molecule has 0 bridgehead atoms. The highest BCUT2D eigenvalue weighted by Gasteiger charge is 2.30. The van der Waals surface area contributed by atoms with Crippen LogP contribution in [-0.2, 0) is 14.4 Å². The minimum Gasteiger partial charge on any atom is -0.483 e. The molecule has 0 atom stereocenters. The maximum Gasteiger partial charge on any atom is 0.290 e. The summed E-state index contributed by atoms with van der Waals surface area (Å²) in [6.45, 7) is 11.0. The highest BCUT2D eigenvalue weighted by Crippen LogP contribution is 2.23. The number of anilines is 1. The van der Waals surface area contributed by atoms with Gasteiger partial charge in [0.15, 0.2) is 0 Å². The summed E-state index contributed by atoms with van der Waals surface area (Å²) in [4.78, 5) is 34.9. The van der Waals surface area contributed by atoms with Gasteiger partial charge in [-0.25, -0.2) is 0 Å². The minimum absolute atomic E-state index is 0.0944. The molecular formula is C21H33N3O4. The molecule has 0 unspecified atom stereocenters. The van der Waals surface area contributed by atoms with Crippen molar-refractivity contribution in [2.75, 3.05) is 25.0 Å². The minimum atomic E-state index is -0.285. The van der Waals surface area contributed by atoms with Gasteiger partial charge < -0.3 is 15.7 Å². The Hall–Kier alpha value is -2.41. The second kappa shape index (κ2) is 11.4. The second-order valence-electron chi connectivity index (χ2n) is 7.96. The van der Waals surface area contributed by atoms with Crippen LogP contribution in [0.4, 0.5) is 5.69 Å². The lowest BCUT2D eigenvalue weighted by Crippen LogP contribution is -2.54. The topological polar surface area (TPSA) is 98.7 Å². The number of nitrogens with zero attached hydrogens (tertiary/aromatic N) is 1. The zero-order valence-electron chi connectivity index (χ0n) is 17.3. The lowest BCUT2D eigenvalue weighted by atomic mass is 9.93. The Labute approximate surface area is 167 Å². The summed E-state index contributed by atoms with van der Waals surface area (Å²) in [5.74, 6) is 0.267. The molecule has 0 spiro atoms. The first-order valence-electron chi connectivity index (χ1n) is 9.64. The van der Waals surface area contributed by atoms with Crippen molar-refractivity contribution in [3.63, 3.8) is 0 Å². The van der Waals surface area contributed by atoms with Crippen LogP contribution in [0.25, 0.3) is 0 Å². The van der Waals surface area contributed by atoms with Crippen LogP contribution in [-0.4, -0.2) is 53.5 Å². The molecule has 28 heavy (non-hydrogen) atoms. The monoisotopic (exact) mass is 391 g/mol. The molecule has 7 heteroatoms. The predicted octanol–water partition coefficient (Wildman–Crippen LogP) is 2.65. The van der Waals surface area contributed by atoms with Crippen LogP contribution in [0.15, 0.2) is 24.3 Å². The Morgan fingerprint density at radius 1 is 1.25 bits per heavy atom. The molecule has 0 saturated carbocycles. The Morgan fingerprint density at radius 2 is 1.86 bits per heavy atom. The number of hydrogen-bond acceptors (Lipinski definition) is 4. The maximum absolute atomic E-state index is 12.1. The fraction of sp³-hybridized carbons (Fsp3) is 0.571. The van der Waals surface area contributed by atoms with E-state index >= 15 is 0 Å². The number of carboxylic acid groups (broad SMARTS) is 1. The number of likely N-dealkylation sites (tertiary alicyclic amines) is 1. The van der Waals surface area contributed by atoms with E-state index in [0.717, 1.165) is 30.3 Å². The fourth-order valence-electron chi connectivity index (χ4n) is 3.18. The smallest absolute Gasteiger partial charge is 0.290 e. The van der Waals surface area contributed by atoms with E-state index in [2.05, 4.69) is 36.3 Å². The summed E-state index contributed by atoms with van der Waals surface area (Å²) in [5, 5.41) is 12.6. The first-order chi connectivity index (χ1) is 13.2. The number of piperidine rings is 1. The van der Waals surface area contributed by atoms with Crippen LogP contribution >= 0.6 is 0 Å². The van der Waals surface area contributed by atoms with Crippen molar-refractivity contribution in [1.29, 1.82) is 0 Å². The molecule has 3 N–H and O–H groups in total. The van der Waals surface area contributed by atoms with Gasteiger partial charge in [-0.15, -0.1) is 0 Å². The molecule has 156 valence electrons. The standard InChI is InChI=1S/C20H31N3O2.CH2O2/c1-15-8-10-23(11-9-15)20(3,4)14-21-18(24)13-19(25)22-17-7-5-6-16(2)12-17;2-1-3/h5-7,12,15H,8-11,13-14H2,1-4H3,(H,21,24)(H,22,25);1H,(H,2,3). The summed E-state index contributed by atoms with van der Waals surface area (Å²) in [6, 6.07) is 7.55. The lowest BCUT2D eigenvalue weighted by Gasteiger charge is -2.42. The molecule has 1 saturated heterocycles. The molecule has 1 aliphatic rings. The van der Waals surface area contributed by atoms with E-state index in [1.165, 1.54) is 12.8 Å². The van der Waals surface area contributed by atoms with E-state index in [1.807, 2.05) is 31.2 Å². The van der Waals surface area contributed by atoms with Crippen molar-refractivity contribution in [3.05, 3.63) is 29.8 Å². The number of carbonyl (C=O) groups excluding carboxylic acids is 2. The number of benzene rings is 1. The summed E-state index contributed by atoms with van der Waals surface area (Å²) >= 11 is 0. The third-order valence-electron chi connectivity index (χ3n) is 4.98. The van der Waals surface area contributed by atoms with Crippen molar-refractivity contribution in [2.24, 2.45) is 5.92 Å². The van der Waals surface area contributed by atoms with Crippen molar-refractivity contribution in [2.45, 2.75) is 52.5 Å². The Morgan fingerprint density at radius 3 is 2.43 bits per heavy atom. The quantitative estimate of drug-likeness (QED) is 0.511. The van der Waals surface area contributed by atoms with E-state index in [0.29, 0.717) is 6.54 Å². The molecule has 7 nitrogen and oxygen atoms in total. The first kappa shape index (κ1) is 23.6. The molecular weight excluding hydrogens is 358 g/mol. The predicted molar refractivity (Wildman–Crippen MR) is 110 cm³/mol. The normalized spacial score (nSPS) is 15.1. The van der Waals surface area contributed by atoms with Crippen molar-refractivity contribution >= 4 is 24.0 Å². The second-order valence-corrected chi connectivity index (χ2v) is 7.96. The average molecular weight is 392 g/mol. The Bertz CT molecular complexity index is 653. The Balaban J connectivity index is 0.00000122. The molecule has 1 fully saturated rings. The number of hydrogen-bond donors (Lipinski definition) is 3. The van der Waals surface area contributed by atoms with Crippen LogP contribution in [0.3, 0.4) is 0 Å². The molecule has 0 aliphatic carbocycles.